The zero-order valence-electron chi connectivity index (χ0n) is 28.0. The molecular formula is C34H51N5O7. The number of ether oxygens (including phenoxy) is 1. The Kier molecular flexibility index (Phi) is 17.6. The van der Waals surface area contributed by atoms with Crippen LogP contribution in [0, 0.1) is 11.8 Å². The number of esters is 1. The maximum Gasteiger partial charge on any atom is 0.325 e. The third-order valence-electron chi connectivity index (χ3n) is 7.09. The molecule has 1 aromatic rings. The highest BCUT2D eigenvalue weighted by molar-refractivity contribution is 5.95. The van der Waals surface area contributed by atoms with Crippen molar-refractivity contribution in [3.05, 3.63) is 61.2 Å². The summed E-state index contributed by atoms with van der Waals surface area (Å²) in [5, 5.41) is 8.28. The van der Waals surface area contributed by atoms with E-state index in [0.717, 1.165) is 5.56 Å². The maximum absolute atomic E-state index is 13.7. The van der Waals surface area contributed by atoms with Crippen LogP contribution in [0.3, 0.4) is 0 Å². The van der Waals surface area contributed by atoms with Crippen LogP contribution in [0.2, 0.25) is 0 Å². The number of carbonyl (C=O) groups is 6. The average Bonchev–Trinajstić information content (AvgIpc) is 3.00. The summed E-state index contributed by atoms with van der Waals surface area (Å²) in [6.45, 7) is 15.8. The molecule has 1 rings (SSSR count). The first kappa shape index (κ1) is 39.5. The van der Waals surface area contributed by atoms with Crippen molar-refractivity contribution in [2.45, 2.75) is 72.0 Å². The van der Waals surface area contributed by atoms with E-state index < -0.39 is 53.6 Å². The molecule has 0 aliphatic carbocycles. The van der Waals surface area contributed by atoms with Gasteiger partial charge in [-0.2, -0.15) is 0 Å². The Morgan fingerprint density at radius 2 is 1.50 bits per heavy atom. The smallest absolute Gasteiger partial charge is 0.325 e. The Morgan fingerprint density at radius 3 is 2.02 bits per heavy atom. The summed E-state index contributed by atoms with van der Waals surface area (Å²) >= 11 is 0. The fourth-order valence-electron chi connectivity index (χ4n) is 4.64. The van der Waals surface area contributed by atoms with Gasteiger partial charge in [0.1, 0.15) is 24.7 Å². The lowest BCUT2D eigenvalue weighted by atomic mass is 9.98. The topological polar surface area (TPSA) is 154 Å². The number of hydrogen-bond donors (Lipinski definition) is 3. The van der Waals surface area contributed by atoms with Crippen molar-refractivity contribution < 1.29 is 33.5 Å². The highest BCUT2D eigenvalue weighted by Crippen LogP contribution is 2.11. The fourth-order valence-corrected chi connectivity index (χ4v) is 4.64. The van der Waals surface area contributed by atoms with Crippen LogP contribution in [0.5, 0.6) is 0 Å². The standard InChI is InChI=1S/C34H51N5O7/c1-9-11-18-38(25(7)40)21-29(41)35-27(19-23(3)4)32(43)37-31(24(5)6)33(44)36-28(20-26-15-13-12-14-16-26)34(45)39(17-10-2)22-30(42)46-8/h9-10,12-16,23-24,27-28,31H,1-2,11,17-22H2,3-8H3,(H,35,41)(H,36,44)(H,37,43)/t27-,28-,31-/m0/s1. The molecule has 0 saturated heterocycles. The summed E-state index contributed by atoms with van der Waals surface area (Å²) in [5.41, 5.74) is 0.773. The second-order valence-corrected chi connectivity index (χ2v) is 11.8. The van der Waals surface area contributed by atoms with Crippen molar-refractivity contribution in [3.8, 4) is 0 Å². The van der Waals surface area contributed by atoms with Crippen LogP contribution in [0.25, 0.3) is 0 Å². The van der Waals surface area contributed by atoms with Gasteiger partial charge < -0.3 is 30.5 Å². The van der Waals surface area contributed by atoms with E-state index in [-0.39, 0.29) is 44.3 Å². The number of methoxy groups -OCH3 is 1. The number of nitrogens with one attached hydrogen (secondary N) is 3. The minimum absolute atomic E-state index is 0.0191. The number of hydrogen-bond acceptors (Lipinski definition) is 7. The predicted molar refractivity (Wildman–Crippen MR) is 176 cm³/mol. The van der Waals surface area contributed by atoms with E-state index in [1.54, 1.807) is 19.9 Å². The molecule has 0 fully saturated rings. The van der Waals surface area contributed by atoms with E-state index in [1.807, 2.05) is 44.2 Å². The minimum atomic E-state index is -1.07. The molecule has 12 heteroatoms. The molecule has 0 aromatic heterocycles. The van der Waals surface area contributed by atoms with E-state index >= 15 is 0 Å². The van der Waals surface area contributed by atoms with E-state index in [4.69, 9.17) is 4.74 Å². The van der Waals surface area contributed by atoms with Crippen LogP contribution in [-0.4, -0.2) is 96.7 Å². The van der Waals surface area contributed by atoms with Gasteiger partial charge in [-0.25, -0.2) is 0 Å². The van der Waals surface area contributed by atoms with Gasteiger partial charge in [-0.05, 0) is 30.2 Å². The summed E-state index contributed by atoms with van der Waals surface area (Å²) in [5.74, 6) is -3.48. The molecule has 46 heavy (non-hydrogen) atoms. The predicted octanol–water partition coefficient (Wildman–Crippen LogP) is 2.00. The second-order valence-electron chi connectivity index (χ2n) is 11.8. The van der Waals surface area contributed by atoms with Gasteiger partial charge in [-0.3, -0.25) is 28.8 Å². The third-order valence-corrected chi connectivity index (χ3v) is 7.09. The molecule has 0 aliphatic heterocycles. The zero-order chi connectivity index (χ0) is 34.8. The Labute approximate surface area is 273 Å². The van der Waals surface area contributed by atoms with E-state index in [2.05, 4.69) is 29.1 Å². The van der Waals surface area contributed by atoms with Gasteiger partial charge in [0.2, 0.25) is 29.5 Å². The van der Waals surface area contributed by atoms with Crippen LogP contribution >= 0.6 is 0 Å². The first-order chi connectivity index (χ1) is 21.7. The molecule has 254 valence electrons. The first-order valence-corrected chi connectivity index (χ1v) is 15.5. The highest BCUT2D eigenvalue weighted by atomic mass is 16.5. The third kappa shape index (κ3) is 14.1. The molecule has 3 atom stereocenters. The van der Waals surface area contributed by atoms with Gasteiger partial charge in [-0.15, -0.1) is 13.2 Å². The fraction of sp³-hybridized carbons (Fsp3) is 0.529. The number of carbonyl (C=O) groups excluding carboxylic acids is 6. The molecule has 3 N–H and O–H groups in total. The van der Waals surface area contributed by atoms with Crippen LogP contribution < -0.4 is 16.0 Å². The van der Waals surface area contributed by atoms with Gasteiger partial charge >= 0.3 is 5.97 Å². The molecule has 5 amide bonds. The van der Waals surface area contributed by atoms with E-state index in [9.17, 15) is 28.8 Å². The maximum atomic E-state index is 13.7. The van der Waals surface area contributed by atoms with Crippen molar-refractivity contribution in [2.24, 2.45) is 11.8 Å². The van der Waals surface area contributed by atoms with Crippen molar-refractivity contribution in [1.82, 2.24) is 25.8 Å². The summed E-state index contributed by atoms with van der Waals surface area (Å²) in [6, 6.07) is 5.98. The van der Waals surface area contributed by atoms with Gasteiger partial charge in [0.05, 0.1) is 13.7 Å². The quantitative estimate of drug-likeness (QED) is 0.145. The summed E-state index contributed by atoms with van der Waals surface area (Å²) in [6.07, 6.45) is 4.04. The van der Waals surface area contributed by atoms with E-state index in [1.165, 1.54) is 29.9 Å². The highest BCUT2D eigenvalue weighted by Gasteiger charge is 2.33. The Balaban J connectivity index is 3.23. The number of nitrogens with zero attached hydrogens (tertiary/aromatic N) is 2. The zero-order valence-corrected chi connectivity index (χ0v) is 28.0. The largest absolute Gasteiger partial charge is 0.468 e. The lowest BCUT2D eigenvalue weighted by Gasteiger charge is -2.30. The lowest BCUT2D eigenvalue weighted by molar-refractivity contribution is -0.147. The summed E-state index contributed by atoms with van der Waals surface area (Å²) in [7, 11) is 1.22. The SMILES string of the molecule is C=CCCN(CC(=O)N[C@@H](CC(C)C)C(=O)N[C@H](C(=O)N[C@@H](Cc1ccccc1)C(=O)N(CC=C)CC(=O)OC)C(C)C)C(C)=O. The monoisotopic (exact) mass is 641 g/mol. The lowest BCUT2D eigenvalue weighted by Crippen LogP contribution is -2.59. The first-order valence-electron chi connectivity index (χ1n) is 15.5. The second kappa shape index (κ2) is 20.5. The number of rotatable bonds is 20. The van der Waals surface area contributed by atoms with Crippen LogP contribution in [0.4, 0.5) is 0 Å². The van der Waals surface area contributed by atoms with Gasteiger partial charge in [0, 0.05) is 26.4 Å². The number of benzene rings is 1. The summed E-state index contributed by atoms with van der Waals surface area (Å²) < 4.78 is 4.74. The molecule has 0 aliphatic rings. The number of amides is 5. The minimum Gasteiger partial charge on any atom is -0.468 e. The molecule has 0 heterocycles. The van der Waals surface area contributed by atoms with E-state index in [0.29, 0.717) is 13.0 Å². The molecule has 0 radical (unpaired) electrons. The molecule has 1 aromatic carbocycles. The Morgan fingerprint density at radius 1 is 0.848 bits per heavy atom. The van der Waals surface area contributed by atoms with Gasteiger partial charge in [-0.1, -0.05) is 70.2 Å². The Bertz CT molecular complexity index is 1200. The Hall–Kier alpha value is -4.48. The normalized spacial score (nSPS) is 12.7. The van der Waals surface area contributed by atoms with Crippen molar-refractivity contribution in [1.29, 1.82) is 0 Å². The molecule has 0 saturated carbocycles. The molecule has 12 nitrogen and oxygen atoms in total. The average molecular weight is 642 g/mol. The van der Waals surface area contributed by atoms with Crippen molar-refractivity contribution in [3.63, 3.8) is 0 Å². The van der Waals surface area contributed by atoms with Crippen LogP contribution in [0.1, 0.15) is 53.0 Å². The van der Waals surface area contributed by atoms with Crippen molar-refractivity contribution >= 4 is 35.5 Å². The molecule has 0 unspecified atom stereocenters. The molecular weight excluding hydrogens is 590 g/mol. The summed E-state index contributed by atoms with van der Waals surface area (Å²) in [4.78, 5) is 80.5. The van der Waals surface area contributed by atoms with Crippen LogP contribution in [-0.2, 0) is 39.9 Å². The van der Waals surface area contributed by atoms with Crippen molar-refractivity contribution in [2.75, 3.05) is 33.3 Å². The molecule has 0 bridgehead atoms. The van der Waals surface area contributed by atoms with Gasteiger partial charge in [0.15, 0.2) is 0 Å². The molecule has 0 spiro atoms. The van der Waals surface area contributed by atoms with Crippen LogP contribution in [0.15, 0.2) is 55.6 Å². The van der Waals surface area contributed by atoms with Gasteiger partial charge in [0.25, 0.3) is 0 Å².